The Morgan fingerprint density at radius 3 is 2.19 bits per heavy atom. The Labute approximate surface area is 181 Å². The summed E-state index contributed by atoms with van der Waals surface area (Å²) < 4.78 is 5.46. The summed E-state index contributed by atoms with van der Waals surface area (Å²) in [6.45, 7) is 5.32. The Morgan fingerprint density at radius 2 is 1.65 bits per heavy atom. The van der Waals surface area contributed by atoms with E-state index in [2.05, 4.69) is 29.3 Å². The number of aliphatic carboxylic acids is 1. The molecule has 31 heavy (non-hydrogen) atoms. The number of nitrogens with one attached hydrogen (secondary N) is 2. The van der Waals surface area contributed by atoms with Crippen LogP contribution in [0.4, 0.5) is 4.79 Å². The molecule has 1 aliphatic carbocycles. The highest BCUT2D eigenvalue weighted by Crippen LogP contribution is 2.44. The predicted molar refractivity (Wildman–Crippen MR) is 117 cm³/mol. The lowest BCUT2D eigenvalue weighted by atomic mass is 9.98. The lowest BCUT2D eigenvalue weighted by Gasteiger charge is -2.18. The number of carbonyl (C=O) groups is 3. The minimum absolute atomic E-state index is 0.0491. The average Bonchev–Trinajstić information content (AvgIpc) is 3.05. The van der Waals surface area contributed by atoms with Crippen molar-refractivity contribution in [2.24, 2.45) is 0 Å². The van der Waals surface area contributed by atoms with Crippen LogP contribution >= 0.6 is 0 Å². The molecule has 0 spiro atoms. The molecule has 2 atom stereocenters. The quantitative estimate of drug-likeness (QED) is 0.537. The summed E-state index contributed by atoms with van der Waals surface area (Å²) in [6.07, 6.45) is 0.862. The Bertz CT molecular complexity index is 942. The molecule has 3 N–H and O–H groups in total. The molecule has 0 radical (unpaired) electrons. The van der Waals surface area contributed by atoms with Crippen LogP contribution < -0.4 is 10.6 Å². The number of alkyl carbamates (subject to hydrolysis) is 1. The van der Waals surface area contributed by atoms with Gasteiger partial charge in [0.25, 0.3) is 0 Å². The smallest absolute Gasteiger partial charge is 0.407 e. The zero-order valence-corrected chi connectivity index (χ0v) is 17.3. The SMILES string of the molecule is C=CCC(NC(=O)C[C@H](C)NC(=O)OCC1c2ccccc2-c2ccccc21)C(=O)O. The van der Waals surface area contributed by atoms with E-state index in [0.717, 1.165) is 22.3 Å². The molecule has 7 nitrogen and oxygen atoms in total. The maximum Gasteiger partial charge on any atom is 0.407 e. The summed E-state index contributed by atoms with van der Waals surface area (Å²) in [4.78, 5) is 35.5. The van der Waals surface area contributed by atoms with Crippen LogP contribution in [-0.2, 0) is 14.3 Å². The van der Waals surface area contributed by atoms with Crippen LogP contribution in [0.1, 0.15) is 36.8 Å². The van der Waals surface area contributed by atoms with Gasteiger partial charge in [0.05, 0.1) is 0 Å². The first kappa shape index (κ1) is 22.1. The Morgan fingerprint density at radius 1 is 1.06 bits per heavy atom. The van der Waals surface area contributed by atoms with Crippen molar-refractivity contribution in [1.82, 2.24) is 10.6 Å². The molecule has 2 aromatic rings. The lowest BCUT2D eigenvalue weighted by molar-refractivity contribution is -0.141. The molecule has 0 heterocycles. The normalized spacial score (nSPS) is 14.0. The second-order valence-electron chi connectivity index (χ2n) is 7.56. The van der Waals surface area contributed by atoms with Gasteiger partial charge in [-0.05, 0) is 35.6 Å². The number of benzene rings is 2. The number of hydrogen-bond donors (Lipinski definition) is 3. The van der Waals surface area contributed by atoms with Crippen molar-refractivity contribution in [2.75, 3.05) is 6.61 Å². The largest absolute Gasteiger partial charge is 0.480 e. The number of fused-ring (bicyclic) bond motifs is 3. The first-order valence-electron chi connectivity index (χ1n) is 10.1. The highest BCUT2D eigenvalue weighted by molar-refractivity contribution is 5.84. The molecule has 1 aliphatic rings. The highest BCUT2D eigenvalue weighted by atomic mass is 16.5. The third-order valence-electron chi connectivity index (χ3n) is 5.24. The first-order chi connectivity index (χ1) is 14.9. The van der Waals surface area contributed by atoms with E-state index < -0.39 is 30.1 Å². The number of rotatable bonds is 9. The van der Waals surface area contributed by atoms with E-state index in [1.54, 1.807) is 6.92 Å². The summed E-state index contributed by atoms with van der Waals surface area (Å²) in [7, 11) is 0. The molecule has 0 saturated carbocycles. The van der Waals surface area contributed by atoms with Crippen molar-refractivity contribution < 1.29 is 24.2 Å². The zero-order chi connectivity index (χ0) is 22.4. The van der Waals surface area contributed by atoms with Crippen LogP contribution in [0.2, 0.25) is 0 Å². The minimum atomic E-state index is -1.13. The summed E-state index contributed by atoms with van der Waals surface area (Å²) in [5.41, 5.74) is 4.52. The van der Waals surface area contributed by atoms with E-state index in [9.17, 15) is 14.4 Å². The number of carbonyl (C=O) groups excluding carboxylic acids is 2. The fourth-order valence-electron chi connectivity index (χ4n) is 3.81. The molecule has 0 saturated heterocycles. The third-order valence-corrected chi connectivity index (χ3v) is 5.24. The lowest BCUT2D eigenvalue weighted by Crippen LogP contribution is -2.44. The number of amides is 2. The van der Waals surface area contributed by atoms with E-state index in [1.807, 2.05) is 36.4 Å². The average molecular weight is 422 g/mol. The van der Waals surface area contributed by atoms with Crippen LogP contribution in [0.15, 0.2) is 61.2 Å². The van der Waals surface area contributed by atoms with Crippen molar-refractivity contribution in [3.8, 4) is 11.1 Å². The topological polar surface area (TPSA) is 105 Å². The van der Waals surface area contributed by atoms with Gasteiger partial charge in [0.1, 0.15) is 12.6 Å². The van der Waals surface area contributed by atoms with Crippen molar-refractivity contribution >= 4 is 18.0 Å². The fraction of sp³-hybridized carbons (Fsp3) is 0.292. The predicted octanol–water partition coefficient (Wildman–Crippen LogP) is 3.45. The maximum atomic E-state index is 12.3. The number of hydrogen-bond acceptors (Lipinski definition) is 4. The van der Waals surface area contributed by atoms with Gasteiger partial charge in [-0.1, -0.05) is 54.6 Å². The van der Waals surface area contributed by atoms with Crippen molar-refractivity contribution in [1.29, 1.82) is 0 Å². The number of carboxylic acid groups (broad SMARTS) is 1. The molecule has 2 amide bonds. The molecule has 3 rings (SSSR count). The Balaban J connectivity index is 1.53. The molecular weight excluding hydrogens is 396 g/mol. The monoisotopic (exact) mass is 422 g/mol. The highest BCUT2D eigenvalue weighted by Gasteiger charge is 2.29. The maximum absolute atomic E-state index is 12.3. The second kappa shape index (κ2) is 9.93. The fourth-order valence-corrected chi connectivity index (χ4v) is 3.81. The van der Waals surface area contributed by atoms with Gasteiger partial charge in [-0.25, -0.2) is 9.59 Å². The Hall–Kier alpha value is -3.61. The molecule has 1 unspecified atom stereocenters. The standard InChI is InChI=1S/C24H26N2O5/c1-3-8-21(23(28)29)26-22(27)13-15(2)25-24(30)31-14-20-18-11-6-4-9-16(18)17-10-5-7-12-19(17)20/h3-7,9-12,15,20-21H,1,8,13-14H2,2H3,(H,25,30)(H,26,27)(H,28,29)/t15-,21?/m0/s1. The molecule has 0 aromatic heterocycles. The van der Waals surface area contributed by atoms with Crippen LogP contribution in [-0.4, -0.2) is 41.8 Å². The number of ether oxygens (including phenoxy) is 1. The molecule has 0 bridgehead atoms. The second-order valence-corrected chi connectivity index (χ2v) is 7.56. The van der Waals surface area contributed by atoms with Gasteiger partial charge in [-0.2, -0.15) is 0 Å². The number of carboxylic acids is 1. The van der Waals surface area contributed by atoms with Gasteiger partial charge in [-0.3, -0.25) is 4.79 Å². The first-order valence-corrected chi connectivity index (χ1v) is 10.1. The van der Waals surface area contributed by atoms with E-state index in [1.165, 1.54) is 6.08 Å². The van der Waals surface area contributed by atoms with Gasteiger partial charge >= 0.3 is 12.1 Å². The van der Waals surface area contributed by atoms with Crippen LogP contribution in [0.3, 0.4) is 0 Å². The van der Waals surface area contributed by atoms with Crippen molar-refractivity contribution in [3.05, 3.63) is 72.3 Å². The summed E-state index contributed by atoms with van der Waals surface area (Å²) in [5.74, 6) is -1.65. The molecule has 7 heteroatoms. The molecule has 2 aromatic carbocycles. The molecular formula is C24H26N2O5. The molecule has 0 aliphatic heterocycles. The van der Waals surface area contributed by atoms with Gasteiger partial charge in [-0.15, -0.1) is 6.58 Å². The third kappa shape index (κ3) is 5.31. The van der Waals surface area contributed by atoms with Crippen LogP contribution in [0, 0.1) is 0 Å². The van der Waals surface area contributed by atoms with E-state index in [-0.39, 0.29) is 25.4 Å². The summed E-state index contributed by atoms with van der Waals surface area (Å²) >= 11 is 0. The van der Waals surface area contributed by atoms with E-state index >= 15 is 0 Å². The molecule has 0 fully saturated rings. The van der Waals surface area contributed by atoms with Gasteiger partial charge in [0.15, 0.2) is 0 Å². The zero-order valence-electron chi connectivity index (χ0n) is 17.3. The van der Waals surface area contributed by atoms with Crippen LogP contribution in [0.5, 0.6) is 0 Å². The molecule has 162 valence electrons. The van der Waals surface area contributed by atoms with E-state index in [0.29, 0.717) is 0 Å². The van der Waals surface area contributed by atoms with Crippen molar-refractivity contribution in [2.45, 2.75) is 37.8 Å². The van der Waals surface area contributed by atoms with E-state index in [4.69, 9.17) is 9.84 Å². The Kier molecular flexibility index (Phi) is 7.07. The minimum Gasteiger partial charge on any atom is -0.480 e. The van der Waals surface area contributed by atoms with Gasteiger partial charge in [0.2, 0.25) is 5.91 Å². The summed E-state index contributed by atoms with van der Waals surface area (Å²) in [6, 6.07) is 14.6. The van der Waals surface area contributed by atoms with Gasteiger partial charge < -0.3 is 20.5 Å². The van der Waals surface area contributed by atoms with Crippen LogP contribution in [0.25, 0.3) is 11.1 Å². The van der Waals surface area contributed by atoms with Crippen molar-refractivity contribution in [3.63, 3.8) is 0 Å². The summed E-state index contributed by atoms with van der Waals surface area (Å²) in [5, 5.41) is 14.1. The van der Waals surface area contributed by atoms with Gasteiger partial charge in [0, 0.05) is 18.4 Å².